The maximum Gasteiger partial charge on any atom is 0.331 e. The van der Waals surface area contributed by atoms with E-state index in [4.69, 9.17) is 18.9 Å². The molecule has 38 heavy (non-hydrogen) atoms. The summed E-state index contributed by atoms with van der Waals surface area (Å²) in [6.45, 7) is 6.84. The fourth-order valence-electron chi connectivity index (χ4n) is 10.8. The first kappa shape index (κ1) is 25.9. The van der Waals surface area contributed by atoms with Crippen LogP contribution in [-0.2, 0) is 23.7 Å². The molecule has 7 aliphatic rings. The minimum absolute atomic E-state index is 0.0134. The first-order valence-corrected chi connectivity index (χ1v) is 14.8. The number of cyclic esters (lactones) is 1. The second-order valence-corrected chi connectivity index (χ2v) is 14.1. The highest BCUT2D eigenvalue weighted by Gasteiger charge is 2.79. The number of methoxy groups -OCH3 is 1. The van der Waals surface area contributed by atoms with E-state index in [1.807, 2.05) is 6.92 Å². The summed E-state index contributed by atoms with van der Waals surface area (Å²) in [6, 6.07) is 0. The van der Waals surface area contributed by atoms with E-state index in [0.717, 1.165) is 50.5 Å². The van der Waals surface area contributed by atoms with Gasteiger partial charge in [-0.3, -0.25) is 0 Å². The molecule has 3 aliphatic heterocycles. The van der Waals surface area contributed by atoms with Crippen LogP contribution >= 0.6 is 0 Å². The number of ether oxygens (including phenoxy) is 4. The van der Waals surface area contributed by atoms with Gasteiger partial charge in [0.15, 0.2) is 0 Å². The van der Waals surface area contributed by atoms with Crippen LogP contribution in [-0.4, -0.2) is 83.3 Å². The van der Waals surface area contributed by atoms with Crippen LogP contribution in [0, 0.1) is 40.4 Å². The Balaban J connectivity index is 1.14. The molecule has 0 aromatic heterocycles. The number of hydrogen-bond acceptors (Lipinski definition) is 8. The maximum absolute atomic E-state index is 12.5. The second-order valence-electron chi connectivity index (χ2n) is 14.1. The first-order chi connectivity index (χ1) is 18.0. The molecule has 212 valence electrons. The Labute approximate surface area is 225 Å². The fraction of sp³-hybridized carbons (Fsp3) is 0.900. The maximum atomic E-state index is 12.5. The van der Waals surface area contributed by atoms with Gasteiger partial charge in [-0.25, -0.2) is 4.79 Å². The van der Waals surface area contributed by atoms with Crippen LogP contribution < -0.4 is 0 Å². The summed E-state index contributed by atoms with van der Waals surface area (Å²) in [5.74, 6) is 1.03. The molecular weight excluding hydrogens is 488 g/mol. The average Bonchev–Trinajstić information content (AvgIpc) is 3.49. The van der Waals surface area contributed by atoms with Gasteiger partial charge in [-0.05, 0) is 92.4 Å². The minimum Gasteiger partial charge on any atom is -0.458 e. The van der Waals surface area contributed by atoms with Crippen LogP contribution in [0.2, 0.25) is 0 Å². The normalized spacial score (nSPS) is 59.2. The summed E-state index contributed by atoms with van der Waals surface area (Å²) in [5.41, 5.74) is -0.116. The molecule has 7 rings (SSSR count). The Bertz CT molecular complexity index is 1030. The Hall–Kier alpha value is -1.03. The molecule has 15 atom stereocenters. The van der Waals surface area contributed by atoms with Crippen molar-refractivity contribution in [3.63, 3.8) is 0 Å². The van der Waals surface area contributed by atoms with Gasteiger partial charge in [-0.1, -0.05) is 13.8 Å². The topological polar surface area (TPSA) is 118 Å². The molecule has 0 aromatic rings. The summed E-state index contributed by atoms with van der Waals surface area (Å²) < 4.78 is 23.5. The van der Waals surface area contributed by atoms with E-state index in [0.29, 0.717) is 18.4 Å². The largest absolute Gasteiger partial charge is 0.458 e. The molecule has 0 spiro atoms. The molecule has 0 amide bonds. The number of rotatable bonds is 3. The zero-order chi connectivity index (χ0) is 26.8. The summed E-state index contributed by atoms with van der Waals surface area (Å²) in [7, 11) is 1.54. The molecule has 0 unspecified atom stereocenters. The number of aliphatic hydroxyl groups excluding tert-OH is 2. The third-order valence-electron chi connectivity index (χ3n) is 12.9. The van der Waals surface area contributed by atoms with Gasteiger partial charge in [0.25, 0.3) is 0 Å². The van der Waals surface area contributed by atoms with Crippen LogP contribution in [0.5, 0.6) is 0 Å². The molecule has 4 aliphatic carbocycles. The van der Waals surface area contributed by atoms with Crippen molar-refractivity contribution in [2.45, 2.75) is 114 Å². The van der Waals surface area contributed by atoms with E-state index >= 15 is 0 Å². The Morgan fingerprint density at radius 1 is 1.03 bits per heavy atom. The Morgan fingerprint density at radius 3 is 2.53 bits per heavy atom. The highest BCUT2D eigenvalue weighted by molar-refractivity contribution is 5.85. The summed E-state index contributed by atoms with van der Waals surface area (Å²) in [4.78, 5) is 11.9. The van der Waals surface area contributed by atoms with Gasteiger partial charge in [0.05, 0.1) is 30.0 Å². The zero-order valence-corrected chi connectivity index (χ0v) is 23.0. The van der Waals surface area contributed by atoms with Gasteiger partial charge in [0, 0.05) is 18.6 Å². The van der Waals surface area contributed by atoms with Gasteiger partial charge in [0.2, 0.25) is 0 Å². The Morgan fingerprint density at radius 2 is 1.82 bits per heavy atom. The monoisotopic (exact) mass is 532 g/mol. The summed E-state index contributed by atoms with van der Waals surface area (Å²) in [6.07, 6.45) is 5.35. The zero-order valence-electron chi connectivity index (χ0n) is 23.0. The van der Waals surface area contributed by atoms with E-state index in [1.165, 1.54) is 0 Å². The molecule has 8 heteroatoms. The average molecular weight is 533 g/mol. The SMILES string of the molecule is CO[C@@H]1[C@@H](O)[C@H](C)O[C@@H]([C@H]2CC[C@@]3(C)[C@H](CC[C@@H]4[C@@H]3[C@@H]3O[C@@H]3[C@]3(C)[C@H](C5=CC(=O)OC5)CC[C@]43O)C2)[C@H]1O. The summed E-state index contributed by atoms with van der Waals surface area (Å²) >= 11 is 0. The Kier molecular flexibility index (Phi) is 5.79. The van der Waals surface area contributed by atoms with Crippen molar-refractivity contribution in [1.82, 2.24) is 0 Å². The van der Waals surface area contributed by atoms with Crippen molar-refractivity contribution >= 4 is 5.97 Å². The van der Waals surface area contributed by atoms with Crippen molar-refractivity contribution in [2.75, 3.05) is 13.7 Å². The first-order valence-electron chi connectivity index (χ1n) is 14.8. The number of hydrogen-bond donors (Lipinski definition) is 3. The number of epoxide rings is 1. The summed E-state index contributed by atoms with van der Waals surface area (Å²) in [5, 5.41) is 34.1. The van der Waals surface area contributed by atoms with Crippen molar-refractivity contribution in [3.05, 3.63) is 11.6 Å². The lowest BCUT2D eigenvalue weighted by molar-refractivity contribution is -0.246. The predicted molar refractivity (Wildman–Crippen MR) is 136 cm³/mol. The molecular formula is C30H44O8. The number of carbonyl (C=O) groups is 1. The van der Waals surface area contributed by atoms with Crippen molar-refractivity contribution in [3.8, 4) is 0 Å². The number of carbonyl (C=O) groups excluding carboxylic acids is 1. The smallest absolute Gasteiger partial charge is 0.331 e. The standard InChI is InChI=1S/C30H44O8/c1-14-22(32)26(35-4)23(33)24(37-14)15-7-9-28(2)17(11-15)5-6-19-21(28)25-27(38-25)29(3)18(8-10-30(19,29)34)16-12-20(31)36-13-16/h12,14-15,17-19,21-27,32-34H,5-11,13H2,1-4H3/t14-,15-,17+,18-,19+,21+,22-,23+,24-,25-,26+,27-,28-,29-,30-/m0/s1. The van der Waals surface area contributed by atoms with Gasteiger partial charge in [-0.15, -0.1) is 0 Å². The lowest BCUT2D eigenvalue weighted by atomic mass is 9.42. The van der Waals surface area contributed by atoms with Crippen LogP contribution in [0.3, 0.4) is 0 Å². The number of fused-ring (bicyclic) bond motifs is 8. The van der Waals surface area contributed by atoms with Gasteiger partial charge in [0.1, 0.15) is 24.9 Å². The van der Waals surface area contributed by atoms with Gasteiger partial charge in [-0.2, -0.15) is 0 Å². The molecule has 8 nitrogen and oxygen atoms in total. The van der Waals surface area contributed by atoms with Crippen molar-refractivity contribution in [2.24, 2.45) is 40.4 Å². The number of aliphatic hydroxyl groups is 3. The highest BCUT2D eigenvalue weighted by atomic mass is 16.6. The molecule has 0 bridgehead atoms. The van der Waals surface area contributed by atoms with E-state index in [-0.39, 0.29) is 53.6 Å². The quantitative estimate of drug-likeness (QED) is 0.375. The molecule has 0 aromatic carbocycles. The van der Waals surface area contributed by atoms with Crippen LogP contribution in [0.1, 0.15) is 65.7 Å². The number of esters is 1. The third kappa shape index (κ3) is 3.22. The van der Waals surface area contributed by atoms with E-state index in [9.17, 15) is 20.1 Å². The molecule has 3 heterocycles. The van der Waals surface area contributed by atoms with E-state index < -0.39 is 29.3 Å². The van der Waals surface area contributed by atoms with Crippen LogP contribution in [0.4, 0.5) is 0 Å². The molecule has 2 saturated heterocycles. The molecule has 0 radical (unpaired) electrons. The highest BCUT2D eigenvalue weighted by Crippen LogP contribution is 2.74. The fourth-order valence-corrected chi connectivity index (χ4v) is 10.8. The molecule has 6 fully saturated rings. The lowest BCUT2D eigenvalue weighted by Crippen LogP contribution is -2.66. The van der Waals surface area contributed by atoms with Gasteiger partial charge < -0.3 is 34.3 Å². The predicted octanol–water partition coefficient (Wildman–Crippen LogP) is 2.37. The van der Waals surface area contributed by atoms with Crippen LogP contribution in [0.25, 0.3) is 0 Å². The third-order valence-corrected chi connectivity index (χ3v) is 12.9. The minimum atomic E-state index is -0.847. The molecule has 3 N–H and O–H groups in total. The van der Waals surface area contributed by atoms with Crippen molar-refractivity contribution < 1.29 is 39.1 Å². The van der Waals surface area contributed by atoms with Crippen LogP contribution in [0.15, 0.2) is 11.6 Å². The van der Waals surface area contributed by atoms with E-state index in [1.54, 1.807) is 13.2 Å². The van der Waals surface area contributed by atoms with Crippen molar-refractivity contribution in [1.29, 1.82) is 0 Å². The van der Waals surface area contributed by atoms with E-state index in [2.05, 4.69) is 13.8 Å². The van der Waals surface area contributed by atoms with Gasteiger partial charge >= 0.3 is 5.97 Å². The second kappa shape index (κ2) is 8.49. The lowest BCUT2D eigenvalue weighted by Gasteiger charge is -2.62. The molecule has 4 saturated carbocycles.